The molecule has 0 aromatic heterocycles. The number of amides is 1. The van der Waals surface area contributed by atoms with Gasteiger partial charge in [-0.25, -0.2) is 0 Å². The number of nitrogens with two attached hydrogens (primary N) is 1. The molecule has 0 radical (unpaired) electrons. The number of nitrogens with one attached hydrogen (secondary N) is 1. The van der Waals surface area contributed by atoms with Gasteiger partial charge in [-0.1, -0.05) is 98.3 Å². The van der Waals surface area contributed by atoms with E-state index in [0.29, 0.717) is 0 Å². The summed E-state index contributed by atoms with van der Waals surface area (Å²) in [6.07, 6.45) is 18.6. The SMILES string of the molecule is CCCCCCCCC(CCCCCCC)C(C)(C)CC(C)(C)NC(=O)CN. The summed E-state index contributed by atoms with van der Waals surface area (Å²) in [4.78, 5) is 11.8. The molecule has 3 N–H and O–H groups in total. The average molecular weight is 397 g/mol. The molecule has 0 aliphatic heterocycles. The van der Waals surface area contributed by atoms with Crippen molar-refractivity contribution < 1.29 is 4.79 Å². The van der Waals surface area contributed by atoms with Gasteiger partial charge >= 0.3 is 0 Å². The first kappa shape index (κ1) is 27.4. The van der Waals surface area contributed by atoms with E-state index < -0.39 is 0 Å². The highest BCUT2D eigenvalue weighted by Crippen LogP contribution is 2.41. The van der Waals surface area contributed by atoms with Crippen LogP contribution in [0.2, 0.25) is 0 Å². The van der Waals surface area contributed by atoms with Gasteiger partial charge in [-0.2, -0.15) is 0 Å². The van der Waals surface area contributed by atoms with Gasteiger partial charge in [0.2, 0.25) is 5.91 Å². The minimum atomic E-state index is -0.207. The van der Waals surface area contributed by atoms with E-state index in [-0.39, 0.29) is 23.4 Å². The molecule has 0 aromatic carbocycles. The second-order valence-corrected chi connectivity index (χ2v) is 10.3. The lowest BCUT2D eigenvalue weighted by Crippen LogP contribution is -2.49. The Morgan fingerprint density at radius 2 is 1.21 bits per heavy atom. The number of hydrogen-bond acceptors (Lipinski definition) is 2. The molecule has 28 heavy (non-hydrogen) atoms. The van der Waals surface area contributed by atoms with Crippen LogP contribution in [-0.4, -0.2) is 18.0 Å². The van der Waals surface area contributed by atoms with Crippen molar-refractivity contribution in [2.75, 3.05) is 6.54 Å². The zero-order chi connectivity index (χ0) is 21.5. The molecule has 1 amide bonds. The second-order valence-electron chi connectivity index (χ2n) is 10.3. The summed E-state index contributed by atoms with van der Waals surface area (Å²) in [5.41, 5.74) is 5.53. The fourth-order valence-electron chi connectivity index (χ4n) is 4.85. The summed E-state index contributed by atoms with van der Waals surface area (Å²) < 4.78 is 0. The van der Waals surface area contributed by atoms with Crippen molar-refractivity contribution in [2.45, 2.75) is 137 Å². The van der Waals surface area contributed by atoms with E-state index in [4.69, 9.17) is 5.73 Å². The first-order valence-electron chi connectivity index (χ1n) is 12.2. The third-order valence-electron chi connectivity index (χ3n) is 6.23. The van der Waals surface area contributed by atoms with Gasteiger partial charge in [-0.3, -0.25) is 4.79 Å². The van der Waals surface area contributed by atoms with Gasteiger partial charge in [0.25, 0.3) is 0 Å². The molecule has 3 nitrogen and oxygen atoms in total. The van der Waals surface area contributed by atoms with E-state index in [0.717, 1.165) is 12.3 Å². The van der Waals surface area contributed by atoms with E-state index in [2.05, 4.69) is 46.9 Å². The summed E-state index contributed by atoms with van der Waals surface area (Å²) in [7, 11) is 0. The molecule has 0 aliphatic carbocycles. The molecular formula is C25H52N2O. The summed E-state index contributed by atoms with van der Waals surface area (Å²) >= 11 is 0. The topological polar surface area (TPSA) is 55.1 Å². The molecule has 0 aliphatic rings. The Morgan fingerprint density at radius 3 is 1.64 bits per heavy atom. The van der Waals surface area contributed by atoms with Gasteiger partial charge in [0.1, 0.15) is 0 Å². The third kappa shape index (κ3) is 13.6. The minimum Gasteiger partial charge on any atom is -0.350 e. The highest BCUT2D eigenvalue weighted by atomic mass is 16.1. The van der Waals surface area contributed by atoms with Gasteiger partial charge in [0.15, 0.2) is 0 Å². The Balaban J connectivity index is 4.73. The predicted octanol–water partition coefficient (Wildman–Crippen LogP) is 6.98. The maximum atomic E-state index is 11.8. The standard InChI is InChI=1S/C25H52N2O/c1-7-9-11-13-15-17-19-22(18-16-14-12-10-8-2)24(3,4)21-25(5,6)27-23(28)20-26/h22H,7-21,26H2,1-6H3,(H,27,28). The van der Waals surface area contributed by atoms with Crippen LogP contribution in [0.5, 0.6) is 0 Å². The molecule has 0 heterocycles. The Labute approximate surface area is 177 Å². The normalized spacial score (nSPS) is 13.5. The maximum Gasteiger partial charge on any atom is 0.234 e. The molecule has 0 aromatic rings. The largest absolute Gasteiger partial charge is 0.350 e. The van der Waals surface area contributed by atoms with Crippen molar-refractivity contribution in [3.05, 3.63) is 0 Å². The maximum absolute atomic E-state index is 11.8. The van der Waals surface area contributed by atoms with Crippen LogP contribution in [0.15, 0.2) is 0 Å². The minimum absolute atomic E-state index is 0.0483. The molecular weight excluding hydrogens is 344 g/mol. The lowest BCUT2D eigenvalue weighted by Gasteiger charge is -2.41. The summed E-state index contributed by atoms with van der Waals surface area (Å²) in [5.74, 6) is 0.683. The van der Waals surface area contributed by atoms with E-state index in [1.165, 1.54) is 83.5 Å². The molecule has 3 heteroatoms. The van der Waals surface area contributed by atoms with Gasteiger partial charge in [-0.15, -0.1) is 0 Å². The van der Waals surface area contributed by atoms with E-state index in [1.807, 2.05) is 0 Å². The zero-order valence-corrected chi connectivity index (χ0v) is 20.2. The number of carbonyl (C=O) groups is 1. The van der Waals surface area contributed by atoms with Crippen LogP contribution in [0.25, 0.3) is 0 Å². The lowest BCUT2D eigenvalue weighted by atomic mass is 9.67. The fourth-order valence-corrected chi connectivity index (χ4v) is 4.85. The molecule has 0 saturated heterocycles. The molecule has 0 rings (SSSR count). The second kappa shape index (κ2) is 15.3. The fraction of sp³-hybridized carbons (Fsp3) is 0.960. The van der Waals surface area contributed by atoms with Crippen LogP contribution in [0.3, 0.4) is 0 Å². The Bertz CT molecular complexity index is 390. The monoisotopic (exact) mass is 396 g/mol. The van der Waals surface area contributed by atoms with Crippen LogP contribution in [-0.2, 0) is 4.79 Å². The van der Waals surface area contributed by atoms with Crippen LogP contribution in [0.1, 0.15) is 131 Å². The van der Waals surface area contributed by atoms with Crippen LogP contribution < -0.4 is 11.1 Å². The smallest absolute Gasteiger partial charge is 0.234 e. The highest BCUT2D eigenvalue weighted by molar-refractivity contribution is 5.78. The average Bonchev–Trinajstić information content (AvgIpc) is 2.60. The molecule has 0 fully saturated rings. The van der Waals surface area contributed by atoms with E-state index in [1.54, 1.807) is 0 Å². The quantitative estimate of drug-likeness (QED) is 0.245. The summed E-state index contributed by atoms with van der Waals surface area (Å²) in [6, 6.07) is 0. The van der Waals surface area contributed by atoms with Crippen molar-refractivity contribution in [1.82, 2.24) is 5.32 Å². The molecule has 168 valence electrons. The number of carbonyl (C=O) groups excluding carboxylic acids is 1. The molecule has 0 bridgehead atoms. The predicted molar refractivity (Wildman–Crippen MR) is 125 cm³/mol. The van der Waals surface area contributed by atoms with Crippen LogP contribution in [0, 0.1) is 11.3 Å². The van der Waals surface area contributed by atoms with E-state index in [9.17, 15) is 4.79 Å². The number of hydrogen-bond donors (Lipinski definition) is 2. The molecule has 1 atom stereocenters. The first-order valence-corrected chi connectivity index (χ1v) is 12.2. The summed E-state index contributed by atoms with van der Waals surface area (Å²) in [5, 5.41) is 3.13. The van der Waals surface area contributed by atoms with Gasteiger partial charge in [-0.05, 0) is 44.4 Å². The summed E-state index contributed by atoms with van der Waals surface area (Å²) in [6.45, 7) is 13.7. The van der Waals surface area contributed by atoms with Crippen LogP contribution >= 0.6 is 0 Å². The Kier molecular flexibility index (Phi) is 15.0. The zero-order valence-electron chi connectivity index (χ0n) is 20.2. The van der Waals surface area contributed by atoms with Gasteiger partial charge in [0.05, 0.1) is 6.54 Å². The molecule has 0 saturated carbocycles. The van der Waals surface area contributed by atoms with Gasteiger partial charge < -0.3 is 11.1 Å². The number of rotatable bonds is 18. The third-order valence-corrected chi connectivity index (χ3v) is 6.23. The number of unbranched alkanes of at least 4 members (excludes halogenated alkanes) is 9. The van der Waals surface area contributed by atoms with Crippen molar-refractivity contribution in [3.8, 4) is 0 Å². The Hall–Kier alpha value is -0.570. The van der Waals surface area contributed by atoms with Crippen molar-refractivity contribution in [3.63, 3.8) is 0 Å². The highest BCUT2D eigenvalue weighted by Gasteiger charge is 2.35. The first-order chi connectivity index (χ1) is 13.2. The molecule has 1 unspecified atom stereocenters. The molecule has 0 spiro atoms. The lowest BCUT2D eigenvalue weighted by molar-refractivity contribution is -0.121. The van der Waals surface area contributed by atoms with Crippen molar-refractivity contribution in [1.29, 1.82) is 0 Å². The van der Waals surface area contributed by atoms with E-state index >= 15 is 0 Å². The van der Waals surface area contributed by atoms with Crippen molar-refractivity contribution >= 4 is 5.91 Å². The van der Waals surface area contributed by atoms with Crippen molar-refractivity contribution in [2.24, 2.45) is 17.1 Å². The van der Waals surface area contributed by atoms with Gasteiger partial charge in [0, 0.05) is 5.54 Å². The van der Waals surface area contributed by atoms with Crippen LogP contribution in [0.4, 0.5) is 0 Å². The Morgan fingerprint density at radius 1 is 0.786 bits per heavy atom.